The summed E-state index contributed by atoms with van der Waals surface area (Å²) in [4.78, 5) is 11.5. The fraction of sp³-hybridized carbons (Fsp3) is 0.211. The molecule has 1 atom stereocenters. The van der Waals surface area contributed by atoms with Gasteiger partial charge in [-0.05, 0) is 36.4 Å². The zero-order chi connectivity index (χ0) is 19.1. The SMILES string of the molecule is COC(=O)c1ccc(-c2nnc(C(S)OCCOc3ccccc3)o2)cc1. The minimum absolute atomic E-state index is 0.241. The van der Waals surface area contributed by atoms with E-state index in [2.05, 4.69) is 27.6 Å². The van der Waals surface area contributed by atoms with E-state index in [1.807, 2.05) is 30.3 Å². The molecular weight excluding hydrogens is 368 g/mol. The van der Waals surface area contributed by atoms with E-state index in [1.165, 1.54) is 7.11 Å². The topological polar surface area (TPSA) is 83.7 Å². The van der Waals surface area contributed by atoms with E-state index < -0.39 is 11.4 Å². The minimum atomic E-state index is -0.667. The molecule has 0 saturated heterocycles. The molecule has 1 unspecified atom stereocenters. The molecule has 0 fully saturated rings. The highest BCUT2D eigenvalue weighted by molar-refractivity contribution is 7.80. The number of benzene rings is 2. The standard InChI is InChI=1S/C19H18N2O5S/c1-23-18(22)14-9-7-13(8-10-14)16-20-21-17(26-16)19(27)25-12-11-24-15-5-3-2-4-6-15/h2-10,19,27H,11-12H2,1H3. The van der Waals surface area contributed by atoms with Crippen molar-refractivity contribution >= 4 is 18.6 Å². The van der Waals surface area contributed by atoms with Crippen molar-refractivity contribution in [2.45, 2.75) is 5.44 Å². The Bertz CT molecular complexity index is 867. The molecule has 8 heteroatoms. The van der Waals surface area contributed by atoms with Gasteiger partial charge in [-0.25, -0.2) is 4.79 Å². The maximum Gasteiger partial charge on any atom is 0.337 e. The molecule has 140 valence electrons. The number of hydrogen-bond donors (Lipinski definition) is 1. The summed E-state index contributed by atoms with van der Waals surface area (Å²) in [6, 6.07) is 16.1. The molecule has 0 N–H and O–H groups in total. The van der Waals surface area contributed by atoms with Gasteiger partial charge in [0.25, 0.3) is 5.89 Å². The highest BCUT2D eigenvalue weighted by atomic mass is 32.1. The Morgan fingerprint density at radius 1 is 1.07 bits per heavy atom. The summed E-state index contributed by atoms with van der Waals surface area (Å²) in [6.45, 7) is 0.686. The second kappa shape index (κ2) is 9.20. The van der Waals surface area contributed by atoms with Crippen LogP contribution in [0, 0.1) is 0 Å². The number of rotatable bonds is 8. The number of esters is 1. The molecule has 2 aromatic carbocycles. The monoisotopic (exact) mass is 386 g/mol. The van der Waals surface area contributed by atoms with Crippen molar-refractivity contribution in [2.24, 2.45) is 0 Å². The van der Waals surface area contributed by atoms with Gasteiger partial charge in [0.2, 0.25) is 5.89 Å². The van der Waals surface area contributed by atoms with Gasteiger partial charge in [0.05, 0.1) is 19.3 Å². The molecule has 3 aromatic rings. The van der Waals surface area contributed by atoms with Gasteiger partial charge in [-0.3, -0.25) is 0 Å². The maximum absolute atomic E-state index is 11.5. The first-order valence-electron chi connectivity index (χ1n) is 8.17. The summed E-state index contributed by atoms with van der Waals surface area (Å²) in [5, 5.41) is 7.94. The van der Waals surface area contributed by atoms with Gasteiger partial charge in [-0.1, -0.05) is 18.2 Å². The van der Waals surface area contributed by atoms with Crippen LogP contribution in [0.4, 0.5) is 0 Å². The number of methoxy groups -OCH3 is 1. The van der Waals surface area contributed by atoms with E-state index in [0.29, 0.717) is 30.2 Å². The van der Waals surface area contributed by atoms with E-state index in [0.717, 1.165) is 5.75 Å². The Kier molecular flexibility index (Phi) is 6.45. The molecular formula is C19H18N2O5S. The molecule has 0 spiro atoms. The summed E-state index contributed by atoms with van der Waals surface area (Å²) >= 11 is 4.33. The first kappa shape index (κ1) is 18.9. The third-order valence-corrected chi connectivity index (χ3v) is 3.95. The van der Waals surface area contributed by atoms with Gasteiger partial charge in [0.15, 0.2) is 5.44 Å². The lowest BCUT2D eigenvalue weighted by Gasteiger charge is -2.09. The average molecular weight is 386 g/mol. The first-order chi connectivity index (χ1) is 13.2. The largest absolute Gasteiger partial charge is 0.491 e. The van der Waals surface area contributed by atoms with Crippen molar-refractivity contribution in [3.05, 3.63) is 66.1 Å². The van der Waals surface area contributed by atoms with Crippen LogP contribution in [0.5, 0.6) is 5.75 Å². The smallest absolute Gasteiger partial charge is 0.337 e. The summed E-state index contributed by atoms with van der Waals surface area (Å²) in [5.74, 6) is 0.913. The normalized spacial score (nSPS) is 11.8. The van der Waals surface area contributed by atoms with E-state index in [4.69, 9.17) is 13.9 Å². The Hall–Kier alpha value is -2.84. The Morgan fingerprint density at radius 2 is 1.81 bits per heavy atom. The Morgan fingerprint density at radius 3 is 2.52 bits per heavy atom. The lowest BCUT2D eigenvalue weighted by atomic mass is 10.1. The van der Waals surface area contributed by atoms with Crippen LogP contribution in [-0.2, 0) is 9.47 Å². The molecule has 0 aliphatic heterocycles. The van der Waals surface area contributed by atoms with Crippen molar-refractivity contribution in [3.63, 3.8) is 0 Å². The quantitative estimate of drug-likeness (QED) is 0.274. The van der Waals surface area contributed by atoms with Crippen LogP contribution in [0.1, 0.15) is 21.7 Å². The molecule has 27 heavy (non-hydrogen) atoms. The summed E-state index contributed by atoms with van der Waals surface area (Å²) in [5.41, 5.74) is 0.448. The molecule has 0 amide bonds. The molecule has 0 bridgehead atoms. The number of nitrogens with zero attached hydrogens (tertiary/aromatic N) is 2. The van der Waals surface area contributed by atoms with Crippen molar-refractivity contribution < 1.29 is 23.4 Å². The average Bonchev–Trinajstić information content (AvgIpc) is 3.22. The van der Waals surface area contributed by atoms with Gasteiger partial charge < -0.3 is 18.6 Å². The van der Waals surface area contributed by atoms with Crippen LogP contribution < -0.4 is 4.74 Å². The first-order valence-corrected chi connectivity index (χ1v) is 8.68. The van der Waals surface area contributed by atoms with Gasteiger partial charge in [0.1, 0.15) is 12.4 Å². The van der Waals surface area contributed by atoms with Crippen molar-refractivity contribution in [2.75, 3.05) is 20.3 Å². The van der Waals surface area contributed by atoms with Crippen molar-refractivity contribution in [3.8, 4) is 17.2 Å². The molecule has 7 nitrogen and oxygen atoms in total. The van der Waals surface area contributed by atoms with E-state index in [1.54, 1.807) is 24.3 Å². The third-order valence-electron chi connectivity index (χ3n) is 3.58. The number of carbonyl (C=O) groups is 1. The summed E-state index contributed by atoms with van der Waals surface area (Å²) in [6.07, 6.45) is 0. The number of hydrogen-bond acceptors (Lipinski definition) is 8. The van der Waals surface area contributed by atoms with E-state index >= 15 is 0 Å². The van der Waals surface area contributed by atoms with Gasteiger partial charge in [0, 0.05) is 5.56 Å². The second-order valence-electron chi connectivity index (χ2n) is 5.40. The molecule has 0 aliphatic carbocycles. The predicted octanol–water partition coefficient (Wildman–Crippen LogP) is 3.55. The van der Waals surface area contributed by atoms with E-state index in [-0.39, 0.29) is 5.89 Å². The number of carbonyl (C=O) groups excluding carboxylic acids is 1. The Labute approximate surface area is 161 Å². The van der Waals surface area contributed by atoms with E-state index in [9.17, 15) is 4.79 Å². The highest BCUT2D eigenvalue weighted by Crippen LogP contribution is 2.25. The van der Waals surface area contributed by atoms with Crippen LogP contribution in [0.25, 0.3) is 11.5 Å². The van der Waals surface area contributed by atoms with Crippen LogP contribution in [-0.4, -0.2) is 36.5 Å². The summed E-state index contributed by atoms with van der Waals surface area (Å²) < 4.78 is 21.3. The predicted molar refractivity (Wildman–Crippen MR) is 101 cm³/mol. The lowest BCUT2D eigenvalue weighted by Crippen LogP contribution is -2.08. The number of ether oxygens (including phenoxy) is 3. The highest BCUT2D eigenvalue weighted by Gasteiger charge is 2.17. The van der Waals surface area contributed by atoms with Crippen molar-refractivity contribution in [1.29, 1.82) is 0 Å². The van der Waals surface area contributed by atoms with Gasteiger partial charge >= 0.3 is 5.97 Å². The molecule has 1 heterocycles. The molecule has 1 aromatic heterocycles. The molecule has 0 radical (unpaired) electrons. The zero-order valence-electron chi connectivity index (χ0n) is 14.6. The minimum Gasteiger partial charge on any atom is -0.491 e. The van der Waals surface area contributed by atoms with Crippen LogP contribution in [0.3, 0.4) is 0 Å². The van der Waals surface area contributed by atoms with Gasteiger partial charge in [-0.15, -0.1) is 22.8 Å². The number of thiol groups is 1. The summed E-state index contributed by atoms with van der Waals surface area (Å²) in [7, 11) is 1.33. The molecule has 3 rings (SSSR count). The number of aromatic nitrogens is 2. The third kappa shape index (κ3) is 5.08. The fourth-order valence-electron chi connectivity index (χ4n) is 2.23. The van der Waals surface area contributed by atoms with Crippen LogP contribution >= 0.6 is 12.6 Å². The van der Waals surface area contributed by atoms with Crippen molar-refractivity contribution in [1.82, 2.24) is 10.2 Å². The molecule has 0 aliphatic rings. The van der Waals surface area contributed by atoms with Gasteiger partial charge in [-0.2, -0.15) is 0 Å². The lowest BCUT2D eigenvalue weighted by molar-refractivity contribution is 0.0600. The Balaban J connectivity index is 1.52. The maximum atomic E-state index is 11.5. The molecule has 0 saturated carbocycles. The fourth-order valence-corrected chi connectivity index (χ4v) is 2.43. The zero-order valence-corrected chi connectivity index (χ0v) is 15.5. The van der Waals surface area contributed by atoms with Crippen LogP contribution in [0.2, 0.25) is 0 Å². The second-order valence-corrected chi connectivity index (χ2v) is 5.87. The van der Waals surface area contributed by atoms with Crippen LogP contribution in [0.15, 0.2) is 59.0 Å². The number of para-hydroxylation sites is 1.